The van der Waals surface area contributed by atoms with Crippen LogP contribution in [-0.4, -0.2) is 22.2 Å². The van der Waals surface area contributed by atoms with Crippen LogP contribution in [0.4, 0.5) is 5.69 Å². The number of aliphatic carboxylic acids is 1. The summed E-state index contributed by atoms with van der Waals surface area (Å²) < 4.78 is 0. The fourth-order valence-corrected chi connectivity index (χ4v) is 1.48. The van der Waals surface area contributed by atoms with E-state index in [1.54, 1.807) is 24.3 Å². The molecule has 0 bridgehead atoms. The average molecular weight is 259 g/mol. The van der Waals surface area contributed by atoms with Gasteiger partial charge in [-0.2, -0.15) is 0 Å². The Bertz CT molecular complexity index is 412. The maximum absolute atomic E-state index is 10.6. The zero-order valence-electron chi connectivity index (χ0n) is 8.53. The average Bonchev–Trinajstić information content (AvgIpc) is 2.16. The second kappa shape index (κ2) is 5.67. The van der Waals surface area contributed by atoms with Crippen molar-refractivity contribution >= 4 is 40.6 Å². The molecule has 0 aromatic heterocycles. The van der Waals surface area contributed by atoms with Crippen molar-refractivity contribution in [2.24, 2.45) is 0 Å². The number of hydrogen-bond acceptors (Lipinski definition) is 2. The van der Waals surface area contributed by atoms with Gasteiger partial charge in [0, 0.05) is 10.7 Å². The van der Waals surface area contributed by atoms with Gasteiger partial charge in [-0.3, -0.25) is 4.79 Å². The number of carboxylic acid groups (broad SMARTS) is 1. The summed E-state index contributed by atoms with van der Waals surface area (Å²) in [6.07, 6.45) is 0. The van der Waals surface area contributed by atoms with Gasteiger partial charge in [0.25, 0.3) is 0 Å². The molecule has 4 nitrogen and oxygen atoms in total. The van der Waals surface area contributed by atoms with E-state index in [1.807, 2.05) is 0 Å². The Hall–Kier alpha value is -1.33. The molecule has 1 aromatic rings. The molecule has 0 heterocycles. The van der Waals surface area contributed by atoms with Crippen molar-refractivity contribution in [3.63, 3.8) is 0 Å². The highest BCUT2D eigenvalue weighted by Crippen LogP contribution is 2.14. The summed E-state index contributed by atoms with van der Waals surface area (Å²) in [5.41, 5.74) is 0.711. The van der Waals surface area contributed by atoms with Crippen molar-refractivity contribution in [3.05, 3.63) is 29.3 Å². The molecule has 1 aromatic carbocycles. The maximum Gasteiger partial charge on any atom is 0.325 e. The fourth-order valence-electron chi connectivity index (χ4n) is 0.992. The third kappa shape index (κ3) is 4.04. The van der Waals surface area contributed by atoms with Gasteiger partial charge < -0.3 is 15.7 Å². The van der Waals surface area contributed by atoms with Crippen LogP contribution in [0.1, 0.15) is 6.92 Å². The predicted octanol–water partition coefficient (Wildman–Crippen LogP) is 2.10. The van der Waals surface area contributed by atoms with Crippen LogP contribution in [-0.2, 0) is 4.79 Å². The second-order valence-electron chi connectivity index (χ2n) is 3.17. The molecule has 1 atom stereocenters. The highest BCUT2D eigenvalue weighted by atomic mass is 35.5. The smallest absolute Gasteiger partial charge is 0.325 e. The molecule has 0 spiro atoms. The molecule has 0 aliphatic carbocycles. The molecule has 0 amide bonds. The molecular weight excluding hydrogens is 248 g/mol. The quantitative estimate of drug-likeness (QED) is 0.725. The summed E-state index contributed by atoms with van der Waals surface area (Å²) in [5.74, 6) is -0.963. The first-order valence-corrected chi connectivity index (χ1v) is 5.33. The van der Waals surface area contributed by atoms with E-state index >= 15 is 0 Å². The number of benzene rings is 1. The van der Waals surface area contributed by atoms with Gasteiger partial charge in [0.15, 0.2) is 5.11 Å². The Kier molecular flexibility index (Phi) is 4.52. The van der Waals surface area contributed by atoms with Crippen LogP contribution in [0.3, 0.4) is 0 Å². The molecule has 0 fully saturated rings. The Morgan fingerprint density at radius 3 is 2.81 bits per heavy atom. The second-order valence-corrected chi connectivity index (χ2v) is 4.01. The summed E-state index contributed by atoms with van der Waals surface area (Å²) in [7, 11) is 0. The molecule has 0 aliphatic heterocycles. The monoisotopic (exact) mass is 258 g/mol. The van der Waals surface area contributed by atoms with Gasteiger partial charge in [0.2, 0.25) is 0 Å². The molecular formula is C10H11ClN2O2S. The Morgan fingerprint density at radius 1 is 1.56 bits per heavy atom. The van der Waals surface area contributed by atoms with Gasteiger partial charge in [-0.1, -0.05) is 17.7 Å². The SMILES string of the molecule is C[C@H](NC(=S)Nc1cccc(Cl)c1)C(=O)O. The molecule has 3 N–H and O–H groups in total. The molecule has 0 saturated heterocycles. The fraction of sp³-hybridized carbons (Fsp3) is 0.200. The zero-order valence-corrected chi connectivity index (χ0v) is 10.1. The zero-order chi connectivity index (χ0) is 12.1. The Morgan fingerprint density at radius 2 is 2.25 bits per heavy atom. The van der Waals surface area contributed by atoms with Crippen molar-refractivity contribution < 1.29 is 9.90 Å². The van der Waals surface area contributed by atoms with Crippen molar-refractivity contribution in [2.45, 2.75) is 13.0 Å². The minimum Gasteiger partial charge on any atom is -0.480 e. The van der Waals surface area contributed by atoms with Crippen molar-refractivity contribution in [2.75, 3.05) is 5.32 Å². The molecule has 0 unspecified atom stereocenters. The van der Waals surface area contributed by atoms with E-state index in [1.165, 1.54) is 6.92 Å². The lowest BCUT2D eigenvalue weighted by molar-refractivity contribution is -0.138. The molecule has 86 valence electrons. The highest BCUT2D eigenvalue weighted by molar-refractivity contribution is 7.80. The number of anilines is 1. The van der Waals surface area contributed by atoms with E-state index in [4.69, 9.17) is 28.9 Å². The standard InChI is InChI=1S/C10H11ClN2O2S/c1-6(9(14)15)12-10(16)13-8-4-2-3-7(11)5-8/h2-6H,1H3,(H,14,15)(H2,12,13,16)/t6-/m0/s1. The number of carbonyl (C=O) groups is 1. The summed E-state index contributed by atoms with van der Waals surface area (Å²) in [6.45, 7) is 1.51. The lowest BCUT2D eigenvalue weighted by Gasteiger charge is -2.13. The first-order valence-electron chi connectivity index (χ1n) is 4.55. The summed E-state index contributed by atoms with van der Waals surface area (Å²) in [6, 6.07) is 6.25. The van der Waals surface area contributed by atoms with E-state index in [2.05, 4.69) is 10.6 Å². The molecule has 0 aliphatic rings. The molecule has 1 rings (SSSR count). The molecule has 6 heteroatoms. The van der Waals surface area contributed by atoms with Crippen LogP contribution in [0.15, 0.2) is 24.3 Å². The molecule has 0 saturated carbocycles. The van der Waals surface area contributed by atoms with Crippen LogP contribution in [0.2, 0.25) is 5.02 Å². The van der Waals surface area contributed by atoms with E-state index in [0.29, 0.717) is 10.7 Å². The Balaban J connectivity index is 2.55. The minimum absolute atomic E-state index is 0.247. The number of halogens is 1. The van der Waals surface area contributed by atoms with Gasteiger partial charge in [-0.15, -0.1) is 0 Å². The van der Waals surface area contributed by atoms with Crippen LogP contribution >= 0.6 is 23.8 Å². The number of rotatable bonds is 3. The lowest BCUT2D eigenvalue weighted by Crippen LogP contribution is -2.40. The van der Waals surface area contributed by atoms with Crippen molar-refractivity contribution in [3.8, 4) is 0 Å². The van der Waals surface area contributed by atoms with E-state index in [9.17, 15) is 4.79 Å². The summed E-state index contributed by atoms with van der Waals surface area (Å²) in [4.78, 5) is 10.6. The van der Waals surface area contributed by atoms with Gasteiger partial charge in [0.1, 0.15) is 6.04 Å². The largest absolute Gasteiger partial charge is 0.480 e. The van der Waals surface area contributed by atoms with Crippen molar-refractivity contribution in [1.29, 1.82) is 0 Å². The van der Waals surface area contributed by atoms with Gasteiger partial charge in [0.05, 0.1) is 0 Å². The van der Waals surface area contributed by atoms with E-state index < -0.39 is 12.0 Å². The number of carboxylic acids is 1. The third-order valence-corrected chi connectivity index (χ3v) is 2.26. The topological polar surface area (TPSA) is 61.4 Å². The first kappa shape index (κ1) is 12.7. The maximum atomic E-state index is 10.6. The van der Waals surface area contributed by atoms with Crippen LogP contribution < -0.4 is 10.6 Å². The first-order chi connectivity index (χ1) is 7.49. The van der Waals surface area contributed by atoms with Gasteiger partial charge >= 0.3 is 5.97 Å². The summed E-state index contributed by atoms with van der Waals surface area (Å²) in [5, 5.41) is 15.0. The lowest BCUT2D eigenvalue weighted by atomic mass is 10.3. The van der Waals surface area contributed by atoms with Crippen molar-refractivity contribution in [1.82, 2.24) is 5.32 Å². The number of nitrogens with one attached hydrogen (secondary N) is 2. The van der Waals surface area contributed by atoms with Crippen LogP contribution in [0.25, 0.3) is 0 Å². The van der Waals surface area contributed by atoms with E-state index in [0.717, 1.165) is 0 Å². The normalized spacial score (nSPS) is 11.6. The van der Waals surface area contributed by atoms with Crippen LogP contribution in [0, 0.1) is 0 Å². The minimum atomic E-state index is -0.963. The molecule has 0 radical (unpaired) electrons. The van der Waals surface area contributed by atoms with Gasteiger partial charge in [-0.05, 0) is 37.3 Å². The number of thiocarbonyl (C=S) groups is 1. The predicted molar refractivity (Wildman–Crippen MR) is 67.9 cm³/mol. The Labute approximate surface area is 104 Å². The van der Waals surface area contributed by atoms with Gasteiger partial charge in [-0.25, -0.2) is 0 Å². The molecule has 16 heavy (non-hydrogen) atoms. The van der Waals surface area contributed by atoms with Crippen LogP contribution in [0.5, 0.6) is 0 Å². The van der Waals surface area contributed by atoms with E-state index in [-0.39, 0.29) is 5.11 Å². The highest BCUT2D eigenvalue weighted by Gasteiger charge is 2.11. The number of hydrogen-bond donors (Lipinski definition) is 3. The summed E-state index contributed by atoms with van der Waals surface area (Å²) >= 11 is 10.7. The third-order valence-electron chi connectivity index (χ3n) is 1.80.